The fourth-order valence-electron chi connectivity index (χ4n) is 2.57. The van der Waals surface area contributed by atoms with Crippen molar-refractivity contribution in [3.63, 3.8) is 0 Å². The molecule has 0 aliphatic rings. The molecular formula is C20H21N3O2S. The summed E-state index contributed by atoms with van der Waals surface area (Å²) >= 11 is 1.21. The third-order valence-corrected chi connectivity index (χ3v) is 5.17. The van der Waals surface area contributed by atoms with E-state index in [1.807, 2.05) is 32.0 Å². The molecule has 2 rings (SSSR count). The van der Waals surface area contributed by atoms with Crippen molar-refractivity contribution in [1.82, 2.24) is 4.98 Å². The molecule has 1 amide bonds. The second-order valence-electron chi connectivity index (χ2n) is 6.16. The van der Waals surface area contributed by atoms with E-state index in [1.54, 1.807) is 19.9 Å². The monoisotopic (exact) mass is 367 g/mol. The lowest BCUT2D eigenvalue weighted by molar-refractivity contribution is -0.115. The number of aryl methyl sites for hydroxylation is 3. The van der Waals surface area contributed by atoms with Gasteiger partial charge < -0.3 is 5.32 Å². The fraction of sp³-hybridized carbons (Fsp3) is 0.300. The Morgan fingerprint density at radius 1 is 1.23 bits per heavy atom. The molecule has 1 heterocycles. The van der Waals surface area contributed by atoms with Crippen LogP contribution in [0.2, 0.25) is 0 Å². The van der Waals surface area contributed by atoms with Crippen LogP contribution in [0.3, 0.4) is 0 Å². The van der Waals surface area contributed by atoms with Crippen LogP contribution in [0.4, 0.5) is 5.69 Å². The molecule has 0 fully saturated rings. The number of nitrogens with one attached hydrogen (secondary N) is 1. The first-order valence-electron chi connectivity index (χ1n) is 8.21. The molecule has 0 aliphatic carbocycles. The summed E-state index contributed by atoms with van der Waals surface area (Å²) in [7, 11) is 0. The van der Waals surface area contributed by atoms with Crippen LogP contribution in [0.5, 0.6) is 0 Å². The third kappa shape index (κ3) is 4.30. The molecule has 5 nitrogen and oxygen atoms in total. The van der Waals surface area contributed by atoms with Crippen molar-refractivity contribution in [3.8, 4) is 6.07 Å². The van der Waals surface area contributed by atoms with Crippen LogP contribution >= 0.6 is 11.8 Å². The minimum absolute atomic E-state index is 0.135. The zero-order chi connectivity index (χ0) is 19.4. The highest BCUT2D eigenvalue weighted by molar-refractivity contribution is 8.00. The van der Waals surface area contributed by atoms with Crippen molar-refractivity contribution in [2.24, 2.45) is 0 Å². The van der Waals surface area contributed by atoms with E-state index in [9.17, 15) is 14.9 Å². The Labute approximate surface area is 157 Å². The van der Waals surface area contributed by atoms with Crippen LogP contribution in [0.1, 0.15) is 46.6 Å². The van der Waals surface area contributed by atoms with Crippen LogP contribution in [-0.4, -0.2) is 21.9 Å². The molecule has 1 N–H and O–H groups in total. The molecule has 0 spiro atoms. The zero-order valence-corrected chi connectivity index (χ0v) is 16.3. The molecule has 6 heteroatoms. The quantitative estimate of drug-likeness (QED) is 0.632. The van der Waals surface area contributed by atoms with Crippen molar-refractivity contribution in [1.29, 1.82) is 5.26 Å². The molecule has 26 heavy (non-hydrogen) atoms. The van der Waals surface area contributed by atoms with Gasteiger partial charge in [0.2, 0.25) is 5.91 Å². The van der Waals surface area contributed by atoms with Crippen LogP contribution < -0.4 is 5.32 Å². The SMILES string of the molecule is CC(=O)c1cc(C#N)c(SC(C)C(=O)Nc2c(C)cccc2C)nc1C. The Balaban J connectivity index is 2.23. The van der Waals surface area contributed by atoms with Gasteiger partial charge in [0, 0.05) is 16.9 Å². The van der Waals surface area contributed by atoms with E-state index in [4.69, 9.17) is 0 Å². The molecule has 1 aromatic carbocycles. The standard InChI is InChI=1S/C20H21N3O2S/c1-11-7-6-8-12(2)18(11)23-19(25)15(5)26-20-16(10-21)9-17(14(4)24)13(3)22-20/h6-9,15H,1-5H3,(H,23,25). The van der Waals surface area contributed by atoms with Gasteiger partial charge in [-0.1, -0.05) is 30.0 Å². The lowest BCUT2D eigenvalue weighted by Gasteiger charge is -2.16. The van der Waals surface area contributed by atoms with E-state index in [2.05, 4.69) is 16.4 Å². The molecule has 1 aromatic heterocycles. The number of carbonyl (C=O) groups is 2. The van der Waals surface area contributed by atoms with Gasteiger partial charge in [-0.3, -0.25) is 9.59 Å². The molecule has 0 saturated heterocycles. The van der Waals surface area contributed by atoms with Crippen molar-refractivity contribution in [2.75, 3.05) is 5.32 Å². The summed E-state index contributed by atoms with van der Waals surface area (Å²) in [5.41, 5.74) is 4.08. The molecule has 2 aromatic rings. The molecule has 1 unspecified atom stereocenters. The van der Waals surface area contributed by atoms with Crippen LogP contribution in [0.15, 0.2) is 29.3 Å². The van der Waals surface area contributed by atoms with Gasteiger partial charge in [0.15, 0.2) is 5.78 Å². The predicted molar refractivity (Wildman–Crippen MR) is 104 cm³/mol. The first kappa shape index (κ1) is 19.7. The third-order valence-electron chi connectivity index (χ3n) is 4.06. The smallest absolute Gasteiger partial charge is 0.237 e. The average Bonchev–Trinajstić information content (AvgIpc) is 2.58. The van der Waals surface area contributed by atoms with E-state index in [-0.39, 0.29) is 11.7 Å². The molecule has 1 atom stereocenters. The van der Waals surface area contributed by atoms with E-state index >= 15 is 0 Å². The Kier molecular flexibility index (Phi) is 6.17. The van der Waals surface area contributed by atoms with Crippen molar-refractivity contribution >= 4 is 29.1 Å². The average molecular weight is 367 g/mol. The Morgan fingerprint density at radius 2 is 1.85 bits per heavy atom. The topological polar surface area (TPSA) is 82.8 Å². The number of amides is 1. The van der Waals surface area contributed by atoms with Crippen molar-refractivity contribution in [3.05, 3.63) is 52.2 Å². The first-order chi connectivity index (χ1) is 12.2. The lowest BCUT2D eigenvalue weighted by atomic mass is 10.1. The number of hydrogen-bond donors (Lipinski definition) is 1. The number of thioether (sulfide) groups is 1. The Morgan fingerprint density at radius 3 is 2.38 bits per heavy atom. The minimum atomic E-state index is -0.448. The Bertz CT molecular complexity index is 896. The number of carbonyl (C=O) groups excluding carboxylic acids is 2. The highest BCUT2D eigenvalue weighted by Gasteiger charge is 2.20. The summed E-state index contributed by atoms with van der Waals surface area (Å²) in [6.45, 7) is 8.83. The van der Waals surface area contributed by atoms with Crippen LogP contribution in [-0.2, 0) is 4.79 Å². The fourth-order valence-corrected chi connectivity index (χ4v) is 3.49. The van der Waals surface area contributed by atoms with Gasteiger partial charge in [0.25, 0.3) is 0 Å². The van der Waals surface area contributed by atoms with Gasteiger partial charge in [0.1, 0.15) is 11.1 Å². The van der Waals surface area contributed by atoms with Gasteiger partial charge >= 0.3 is 0 Å². The minimum Gasteiger partial charge on any atom is -0.325 e. The number of anilines is 1. The van der Waals surface area contributed by atoms with Crippen molar-refractivity contribution < 1.29 is 9.59 Å². The number of aromatic nitrogens is 1. The number of pyridine rings is 1. The largest absolute Gasteiger partial charge is 0.325 e. The summed E-state index contributed by atoms with van der Waals surface area (Å²) in [5, 5.41) is 12.3. The van der Waals surface area contributed by atoms with E-state index in [0.29, 0.717) is 21.8 Å². The van der Waals surface area contributed by atoms with Crippen LogP contribution in [0, 0.1) is 32.1 Å². The van der Waals surface area contributed by atoms with Gasteiger partial charge in [-0.05, 0) is 51.8 Å². The normalized spacial score (nSPS) is 11.5. The number of nitrogens with zero attached hydrogens (tertiary/aromatic N) is 2. The summed E-state index contributed by atoms with van der Waals surface area (Å²) < 4.78 is 0. The second kappa shape index (κ2) is 8.15. The van der Waals surface area contributed by atoms with Gasteiger partial charge in [-0.15, -0.1) is 0 Å². The molecule has 0 bridgehead atoms. The zero-order valence-electron chi connectivity index (χ0n) is 15.5. The highest BCUT2D eigenvalue weighted by Crippen LogP contribution is 2.28. The highest BCUT2D eigenvalue weighted by atomic mass is 32.2. The first-order valence-corrected chi connectivity index (χ1v) is 9.09. The number of Topliss-reactive ketones (excluding diaryl/α,β-unsaturated/α-hetero) is 1. The van der Waals surface area contributed by atoms with E-state index < -0.39 is 5.25 Å². The lowest BCUT2D eigenvalue weighted by Crippen LogP contribution is -2.23. The number of rotatable bonds is 5. The number of benzene rings is 1. The number of hydrogen-bond acceptors (Lipinski definition) is 5. The molecule has 0 aliphatic heterocycles. The summed E-state index contributed by atoms with van der Waals surface area (Å²) in [5.74, 6) is -0.296. The number of nitriles is 1. The number of ketones is 1. The summed E-state index contributed by atoms with van der Waals surface area (Å²) in [4.78, 5) is 28.6. The van der Waals surface area contributed by atoms with Crippen molar-refractivity contribution in [2.45, 2.75) is 44.9 Å². The van der Waals surface area contributed by atoms with Crippen LogP contribution in [0.25, 0.3) is 0 Å². The van der Waals surface area contributed by atoms with Gasteiger partial charge in [0.05, 0.1) is 10.8 Å². The van der Waals surface area contributed by atoms with Gasteiger partial charge in [-0.25, -0.2) is 4.98 Å². The number of para-hydroxylation sites is 1. The maximum absolute atomic E-state index is 12.6. The maximum atomic E-state index is 12.6. The molecule has 0 saturated carbocycles. The summed E-state index contributed by atoms with van der Waals surface area (Å²) in [6, 6.07) is 9.44. The maximum Gasteiger partial charge on any atom is 0.237 e. The summed E-state index contributed by atoms with van der Waals surface area (Å²) in [6.07, 6.45) is 0. The van der Waals surface area contributed by atoms with E-state index in [1.165, 1.54) is 18.7 Å². The predicted octanol–water partition coefficient (Wildman–Crippen LogP) is 4.20. The van der Waals surface area contributed by atoms with Gasteiger partial charge in [-0.2, -0.15) is 5.26 Å². The molecule has 0 radical (unpaired) electrons. The Hall–Kier alpha value is -2.65. The molecule has 134 valence electrons. The van der Waals surface area contributed by atoms with E-state index in [0.717, 1.165) is 16.8 Å². The second-order valence-corrected chi connectivity index (χ2v) is 7.49. The molecular weight excluding hydrogens is 346 g/mol.